The molecule has 0 aliphatic heterocycles. The molecule has 80 valence electrons. The number of hydrogen-bond acceptors (Lipinski definition) is 0. The second-order valence-corrected chi connectivity index (χ2v) is 12.6. The molecule has 0 saturated carbocycles. The lowest BCUT2D eigenvalue weighted by atomic mass is 10.4. The van der Waals surface area contributed by atoms with Crippen molar-refractivity contribution in [3.05, 3.63) is 33.8 Å². The molecule has 0 radical (unpaired) electrons. The van der Waals surface area contributed by atoms with Gasteiger partial charge in [-0.2, -0.15) is 0 Å². The molecule has 0 aliphatic rings. The molecule has 0 bridgehead atoms. The lowest BCUT2D eigenvalue weighted by Gasteiger charge is -2.15. The second-order valence-electron chi connectivity index (χ2n) is 4.49. The van der Waals surface area contributed by atoms with Crippen molar-refractivity contribution < 1.29 is 0 Å². The summed E-state index contributed by atoms with van der Waals surface area (Å²) in [5.74, 6) is 0. The fourth-order valence-corrected chi connectivity index (χ4v) is 9.96. The highest BCUT2D eigenvalue weighted by molar-refractivity contribution is 14.1. The largest absolute Gasteiger partial charge is 0.195 e. The molecule has 0 spiro atoms. The van der Waals surface area contributed by atoms with Crippen molar-refractivity contribution >= 4 is 27.4 Å². The third-order valence-electron chi connectivity index (χ3n) is 1.53. The van der Waals surface area contributed by atoms with Crippen LogP contribution in [-0.2, 0) is 0 Å². The normalized spacial score (nSPS) is 10.5. The molecule has 0 unspecified atom stereocenters. The summed E-state index contributed by atoms with van der Waals surface area (Å²) in [7, 11) is 0. The quantitative estimate of drug-likeness (QED) is 0.395. The van der Waals surface area contributed by atoms with E-state index in [1.165, 1.54) is 16.7 Å². The maximum absolute atomic E-state index is 2.63. The Morgan fingerprint density at radius 3 is 1.07 bits per heavy atom. The molecular formula is C12H21ISi. The van der Waals surface area contributed by atoms with E-state index in [1.807, 2.05) is 0 Å². The molecule has 0 aromatic rings. The minimum absolute atomic E-state index is 1.42. The van der Waals surface area contributed by atoms with Crippen LogP contribution in [0.15, 0.2) is 33.8 Å². The average Bonchev–Trinajstić information content (AvgIpc) is 1.76. The van der Waals surface area contributed by atoms with E-state index in [9.17, 15) is 0 Å². The van der Waals surface area contributed by atoms with Crippen LogP contribution in [0.1, 0.15) is 41.5 Å². The molecule has 0 nitrogen and oxygen atoms in total. The number of halogens is 1. The van der Waals surface area contributed by atoms with Crippen LogP contribution in [0, 0.1) is 0 Å². The van der Waals surface area contributed by atoms with Crippen molar-refractivity contribution in [3.63, 3.8) is 0 Å². The monoisotopic (exact) mass is 320 g/mol. The summed E-state index contributed by atoms with van der Waals surface area (Å²) in [5.41, 5.74) is 10.1. The summed E-state index contributed by atoms with van der Waals surface area (Å²) in [4.78, 5) is 0. The van der Waals surface area contributed by atoms with Crippen molar-refractivity contribution in [1.29, 1.82) is 0 Å². The maximum atomic E-state index is 2.63. The van der Waals surface area contributed by atoms with Crippen molar-refractivity contribution in [2.45, 2.75) is 41.5 Å². The van der Waals surface area contributed by atoms with Crippen LogP contribution in [0.4, 0.5) is 0 Å². The predicted octanol–water partition coefficient (Wildman–Crippen LogP) is 4.88. The van der Waals surface area contributed by atoms with Crippen molar-refractivity contribution in [2.75, 3.05) is 0 Å². The van der Waals surface area contributed by atoms with Crippen molar-refractivity contribution in [3.8, 4) is 0 Å². The van der Waals surface area contributed by atoms with Crippen LogP contribution in [0.2, 0.25) is 0 Å². The molecule has 0 N–H and O–H groups in total. The highest BCUT2D eigenvalue weighted by Crippen LogP contribution is 2.23. The van der Waals surface area contributed by atoms with Gasteiger partial charge in [-0.25, -0.2) is 0 Å². The van der Waals surface area contributed by atoms with Gasteiger partial charge in [-0.3, -0.25) is 0 Å². The third-order valence-corrected chi connectivity index (χ3v) is 7.39. The molecule has 0 heterocycles. The summed E-state index contributed by atoms with van der Waals surface area (Å²) in [6.07, 6.45) is 0. The molecule has 0 aromatic heterocycles. The third kappa shape index (κ3) is 6.60. The SMILES string of the molecule is CC(C)=C[Si](I)(C=C(C)C)C=C(C)C. The van der Waals surface area contributed by atoms with E-state index < -0.39 is 5.57 Å². The van der Waals surface area contributed by atoms with Gasteiger partial charge >= 0.3 is 0 Å². The fourth-order valence-electron chi connectivity index (χ4n) is 1.45. The number of allylic oxidation sites excluding steroid dienone is 3. The highest BCUT2D eigenvalue weighted by atomic mass is 127. The molecule has 2 heteroatoms. The van der Waals surface area contributed by atoms with Gasteiger partial charge in [0.25, 0.3) is 0 Å². The highest BCUT2D eigenvalue weighted by Gasteiger charge is 2.20. The Hall–Kier alpha value is 0.167. The Morgan fingerprint density at radius 2 is 0.929 bits per heavy atom. The molecule has 0 aromatic carbocycles. The van der Waals surface area contributed by atoms with Gasteiger partial charge in [0.15, 0.2) is 5.57 Å². The van der Waals surface area contributed by atoms with E-state index in [1.54, 1.807) is 0 Å². The first kappa shape index (κ1) is 14.2. The Labute approximate surface area is 102 Å². The van der Waals surface area contributed by atoms with Crippen LogP contribution in [-0.4, -0.2) is 5.57 Å². The van der Waals surface area contributed by atoms with Gasteiger partial charge in [0, 0.05) is 0 Å². The lowest BCUT2D eigenvalue weighted by Crippen LogP contribution is -2.19. The molecule has 0 rings (SSSR count). The van der Waals surface area contributed by atoms with Gasteiger partial charge < -0.3 is 0 Å². The molecule has 14 heavy (non-hydrogen) atoms. The first-order chi connectivity index (χ1) is 6.25. The first-order valence-electron chi connectivity index (χ1n) is 4.92. The average molecular weight is 320 g/mol. The summed E-state index contributed by atoms with van der Waals surface area (Å²) < 4.78 is 0. The van der Waals surface area contributed by atoms with Gasteiger partial charge in [0.2, 0.25) is 0 Å². The number of hydrogen-bond donors (Lipinski definition) is 0. The van der Waals surface area contributed by atoms with E-state index in [4.69, 9.17) is 0 Å². The second kappa shape index (κ2) is 5.91. The topological polar surface area (TPSA) is 0 Å². The van der Waals surface area contributed by atoms with Crippen LogP contribution >= 0.6 is 21.8 Å². The van der Waals surface area contributed by atoms with Gasteiger partial charge in [-0.15, -0.1) is 21.8 Å². The van der Waals surface area contributed by atoms with Gasteiger partial charge in [-0.1, -0.05) is 33.8 Å². The Bertz CT molecular complexity index is 227. The Kier molecular flexibility index (Phi) is 5.98. The minimum Gasteiger partial charge on any atom is -0.102 e. The standard InChI is InChI=1S/C12H21ISi/c1-10(2)7-14(13,8-11(3)4)9-12(5)6/h7-9H,1-6H3. The Balaban J connectivity index is 5.17. The van der Waals surface area contributed by atoms with Crippen molar-refractivity contribution in [2.24, 2.45) is 0 Å². The van der Waals surface area contributed by atoms with E-state index in [0.717, 1.165) is 0 Å². The van der Waals surface area contributed by atoms with E-state index in [-0.39, 0.29) is 0 Å². The zero-order valence-corrected chi connectivity index (χ0v) is 13.3. The van der Waals surface area contributed by atoms with Crippen molar-refractivity contribution in [1.82, 2.24) is 0 Å². The van der Waals surface area contributed by atoms with Gasteiger partial charge in [-0.05, 0) is 41.5 Å². The maximum Gasteiger partial charge on any atom is 0.195 e. The first-order valence-corrected chi connectivity index (χ1v) is 10.3. The molecule has 0 aliphatic carbocycles. The van der Waals surface area contributed by atoms with Crippen LogP contribution in [0.3, 0.4) is 0 Å². The molecule has 0 atom stereocenters. The van der Waals surface area contributed by atoms with Crippen LogP contribution in [0.25, 0.3) is 0 Å². The molecular weight excluding hydrogens is 299 g/mol. The summed E-state index contributed by atoms with van der Waals surface area (Å²) in [5, 5.41) is 0. The molecule has 0 saturated heterocycles. The lowest BCUT2D eigenvalue weighted by molar-refractivity contribution is 1.38. The predicted molar refractivity (Wildman–Crippen MR) is 78.1 cm³/mol. The zero-order valence-electron chi connectivity index (χ0n) is 10.1. The Morgan fingerprint density at radius 1 is 0.714 bits per heavy atom. The van der Waals surface area contributed by atoms with E-state index in [2.05, 4.69) is 80.4 Å². The molecule has 0 amide bonds. The minimum atomic E-state index is -1.45. The summed E-state index contributed by atoms with van der Waals surface area (Å²) in [6.45, 7) is 13.1. The zero-order chi connectivity index (χ0) is 11.4. The molecule has 0 fully saturated rings. The fraction of sp³-hybridized carbons (Fsp3) is 0.500. The smallest absolute Gasteiger partial charge is 0.102 e. The van der Waals surface area contributed by atoms with Crippen LogP contribution < -0.4 is 0 Å². The summed E-state index contributed by atoms with van der Waals surface area (Å²) >= 11 is 2.63. The van der Waals surface area contributed by atoms with Gasteiger partial charge in [0.1, 0.15) is 0 Å². The van der Waals surface area contributed by atoms with E-state index in [0.29, 0.717) is 0 Å². The number of rotatable bonds is 3. The summed E-state index contributed by atoms with van der Waals surface area (Å²) in [6, 6.07) is 0. The van der Waals surface area contributed by atoms with E-state index >= 15 is 0 Å². The van der Waals surface area contributed by atoms with Gasteiger partial charge in [0.05, 0.1) is 0 Å². The van der Waals surface area contributed by atoms with Crippen LogP contribution in [0.5, 0.6) is 0 Å².